The Balaban J connectivity index is 3.27. The van der Waals surface area contributed by atoms with Crippen molar-refractivity contribution in [1.29, 1.82) is 0 Å². The largest absolute Gasteiger partial charge is 0.353 e. The molecular weight excluding hydrogens is 276 g/mol. The Morgan fingerprint density at radius 1 is 1.55 bits per heavy atom. The van der Waals surface area contributed by atoms with Crippen LogP contribution in [0.3, 0.4) is 0 Å². The zero-order chi connectivity index (χ0) is 15.3. The molecule has 1 rings (SSSR count). The molecule has 110 valence electrons. The first kappa shape index (κ1) is 16.2. The van der Waals surface area contributed by atoms with E-state index < -0.39 is 10.9 Å². The molecule has 1 heterocycles. The van der Waals surface area contributed by atoms with Crippen LogP contribution >= 0.6 is 0 Å². The van der Waals surface area contributed by atoms with Crippen LogP contribution in [-0.2, 0) is 15.7 Å². The van der Waals surface area contributed by atoms with Crippen LogP contribution in [0.1, 0.15) is 20.8 Å². The molecule has 1 amide bonds. The summed E-state index contributed by atoms with van der Waals surface area (Å²) >= 11 is 0. The Morgan fingerprint density at radius 3 is 2.65 bits per heavy atom. The molecule has 6 heteroatoms. The first-order valence-electron chi connectivity index (χ1n) is 6.30. The van der Waals surface area contributed by atoms with Gasteiger partial charge in [-0.15, -0.1) is 0 Å². The van der Waals surface area contributed by atoms with Gasteiger partial charge in [0, 0.05) is 13.5 Å². The van der Waals surface area contributed by atoms with Crippen molar-refractivity contribution in [3.05, 3.63) is 47.7 Å². The van der Waals surface area contributed by atoms with Crippen LogP contribution in [0.2, 0.25) is 0 Å². The van der Waals surface area contributed by atoms with E-state index in [0.717, 1.165) is 11.1 Å². The Morgan fingerprint density at radius 2 is 2.20 bits per heavy atom. The average molecular weight is 296 g/mol. The summed E-state index contributed by atoms with van der Waals surface area (Å²) in [6, 6.07) is -0.323. The zero-order valence-electron chi connectivity index (χ0n) is 11.9. The topological polar surface area (TPSA) is 66.5 Å². The van der Waals surface area contributed by atoms with Crippen LogP contribution in [-0.4, -0.2) is 31.2 Å². The van der Waals surface area contributed by atoms with Gasteiger partial charge in [0.25, 0.3) is 0 Å². The fourth-order valence-corrected chi connectivity index (χ4v) is 2.94. The van der Waals surface area contributed by atoms with Gasteiger partial charge in [0.2, 0.25) is 16.8 Å². The molecule has 0 aromatic heterocycles. The van der Waals surface area contributed by atoms with Gasteiger partial charge >= 0.3 is 0 Å². The number of carbonyl (C=O) groups excluding carboxylic acids is 1. The van der Waals surface area contributed by atoms with Gasteiger partial charge in [-0.2, -0.15) is 0 Å². The van der Waals surface area contributed by atoms with Crippen LogP contribution in [0.5, 0.6) is 0 Å². The van der Waals surface area contributed by atoms with Crippen molar-refractivity contribution in [3.8, 4) is 0 Å². The molecule has 0 saturated carbocycles. The Labute approximate surface area is 121 Å². The highest BCUT2D eigenvalue weighted by Crippen LogP contribution is 2.29. The molecular formula is C14H20N2O3S. The summed E-state index contributed by atoms with van der Waals surface area (Å²) in [6.45, 7) is 8.98. The van der Waals surface area contributed by atoms with E-state index in [1.807, 2.05) is 6.08 Å². The monoisotopic (exact) mass is 296 g/mol. The van der Waals surface area contributed by atoms with Crippen molar-refractivity contribution >= 4 is 16.8 Å². The average Bonchev–Trinajstić information content (AvgIpc) is 2.37. The molecule has 0 radical (unpaired) electrons. The van der Waals surface area contributed by atoms with Gasteiger partial charge in [-0.05, 0) is 31.1 Å². The molecule has 0 aliphatic carbocycles. The van der Waals surface area contributed by atoms with E-state index in [4.69, 9.17) is 0 Å². The molecule has 20 heavy (non-hydrogen) atoms. The van der Waals surface area contributed by atoms with E-state index in [2.05, 4.69) is 11.9 Å². The first-order valence-corrected chi connectivity index (χ1v) is 7.43. The van der Waals surface area contributed by atoms with E-state index in [0.29, 0.717) is 12.2 Å². The van der Waals surface area contributed by atoms with Gasteiger partial charge in [0.15, 0.2) is 0 Å². The van der Waals surface area contributed by atoms with E-state index in [1.165, 1.54) is 11.2 Å². The number of amides is 1. The number of hydrogen-bond donors (Lipinski definition) is 2. The van der Waals surface area contributed by atoms with Gasteiger partial charge in [0.05, 0.1) is 11.7 Å². The third-order valence-electron chi connectivity index (χ3n) is 3.08. The summed E-state index contributed by atoms with van der Waals surface area (Å²) in [6.07, 6.45) is 7.01. The zero-order valence-corrected chi connectivity index (χ0v) is 12.8. The summed E-state index contributed by atoms with van der Waals surface area (Å²) in [4.78, 5) is 11.0. The Bertz CT molecular complexity index is 563. The molecule has 5 nitrogen and oxygen atoms in total. The minimum absolute atomic E-state index is 0.151. The minimum Gasteiger partial charge on any atom is -0.353 e. The minimum atomic E-state index is -2.76. The van der Waals surface area contributed by atoms with E-state index in [1.54, 1.807) is 32.1 Å². The van der Waals surface area contributed by atoms with Crippen molar-refractivity contribution in [2.24, 2.45) is 0 Å². The van der Waals surface area contributed by atoms with Crippen molar-refractivity contribution in [3.63, 3.8) is 0 Å². The molecule has 0 aromatic carbocycles. The highest BCUT2D eigenvalue weighted by Gasteiger charge is 2.28. The van der Waals surface area contributed by atoms with Crippen LogP contribution < -0.4 is 5.32 Å². The van der Waals surface area contributed by atoms with Crippen LogP contribution in [0.4, 0.5) is 0 Å². The van der Waals surface area contributed by atoms with Crippen molar-refractivity contribution in [2.75, 3.05) is 6.54 Å². The molecule has 1 N–H and O–H groups in total. The van der Waals surface area contributed by atoms with Gasteiger partial charge < -0.3 is 5.32 Å². The molecule has 0 aromatic rings. The SMILES string of the molecule is C=C/C=C1/C=C(CNC(C)=O)[C@@H](C)N([SH](=O)=O)/C1=C/C. The molecule has 1 atom stereocenters. The molecule has 0 fully saturated rings. The molecule has 1 aliphatic heterocycles. The van der Waals surface area contributed by atoms with Gasteiger partial charge in [-0.25, -0.2) is 8.42 Å². The van der Waals surface area contributed by atoms with Crippen LogP contribution in [0.25, 0.3) is 0 Å². The molecule has 0 saturated heterocycles. The first-order chi connectivity index (χ1) is 9.42. The van der Waals surface area contributed by atoms with Crippen molar-refractivity contribution < 1.29 is 13.2 Å². The van der Waals surface area contributed by atoms with Crippen LogP contribution in [0.15, 0.2) is 47.7 Å². The maximum Gasteiger partial charge on any atom is 0.225 e. The maximum atomic E-state index is 11.5. The Hall–Kier alpha value is -1.82. The van der Waals surface area contributed by atoms with Crippen LogP contribution in [0, 0.1) is 0 Å². The number of thiol groups is 1. The van der Waals surface area contributed by atoms with Gasteiger partial charge in [0.1, 0.15) is 0 Å². The number of nitrogens with one attached hydrogen (secondary N) is 1. The lowest BCUT2D eigenvalue weighted by atomic mass is 9.97. The molecule has 0 spiro atoms. The third kappa shape index (κ3) is 3.60. The normalized spacial score (nSPS) is 23.1. The summed E-state index contributed by atoms with van der Waals surface area (Å²) < 4.78 is 24.4. The summed E-state index contributed by atoms with van der Waals surface area (Å²) in [5.41, 5.74) is 2.22. The highest BCUT2D eigenvalue weighted by atomic mass is 32.2. The quantitative estimate of drug-likeness (QED) is 0.768. The lowest BCUT2D eigenvalue weighted by Crippen LogP contribution is -2.39. The predicted molar refractivity (Wildman–Crippen MR) is 80.4 cm³/mol. The summed E-state index contributed by atoms with van der Waals surface area (Å²) in [5.74, 6) is -0.151. The number of carbonyl (C=O) groups is 1. The Kier molecular flexibility index (Phi) is 5.76. The smallest absolute Gasteiger partial charge is 0.225 e. The molecule has 0 bridgehead atoms. The second kappa shape index (κ2) is 7.09. The second-order valence-corrected chi connectivity index (χ2v) is 5.33. The number of hydrogen-bond acceptors (Lipinski definition) is 3. The van der Waals surface area contributed by atoms with Crippen molar-refractivity contribution in [1.82, 2.24) is 9.62 Å². The summed E-state index contributed by atoms with van der Waals surface area (Å²) in [5, 5.41) is 2.70. The number of nitrogens with zero attached hydrogens (tertiary/aromatic N) is 1. The maximum absolute atomic E-state index is 11.5. The standard InChI is InChI=1S/C14H20N2O3S/c1-5-7-12-8-13(9-15-11(4)17)10(3)16(20(18)19)14(12)6-2/h5-8,10,20H,1,9H2,2-4H3,(H,15,17)/b12-7-,14-6+/t10-/m1/s1. The van der Waals surface area contributed by atoms with Gasteiger partial charge in [-0.3, -0.25) is 9.10 Å². The lowest BCUT2D eigenvalue weighted by Gasteiger charge is -2.34. The van der Waals surface area contributed by atoms with E-state index >= 15 is 0 Å². The van der Waals surface area contributed by atoms with Gasteiger partial charge in [-0.1, -0.05) is 24.8 Å². The van der Waals surface area contributed by atoms with Crippen molar-refractivity contribution in [2.45, 2.75) is 26.8 Å². The predicted octanol–water partition coefficient (Wildman–Crippen LogP) is 1.30. The van der Waals surface area contributed by atoms with E-state index in [9.17, 15) is 13.2 Å². The fraction of sp³-hybridized carbons (Fsp3) is 0.357. The highest BCUT2D eigenvalue weighted by molar-refractivity contribution is 7.70. The summed E-state index contributed by atoms with van der Waals surface area (Å²) in [7, 11) is -2.76. The third-order valence-corrected chi connectivity index (χ3v) is 3.99. The molecule has 0 unspecified atom stereocenters. The fourth-order valence-electron chi connectivity index (χ4n) is 2.11. The molecule has 1 aliphatic rings. The van der Waals surface area contributed by atoms with E-state index in [-0.39, 0.29) is 11.9 Å². The second-order valence-electron chi connectivity index (χ2n) is 4.42. The lowest BCUT2D eigenvalue weighted by molar-refractivity contribution is -0.118. The number of rotatable bonds is 4. The number of allylic oxidation sites excluding steroid dienone is 4.